The second kappa shape index (κ2) is 4.83. The average Bonchev–Trinajstić information content (AvgIpc) is 2.73. The Bertz CT molecular complexity index is 464. The van der Waals surface area contributed by atoms with Crippen molar-refractivity contribution in [1.29, 1.82) is 0 Å². The number of nitrogens with zero attached hydrogens (tertiary/aromatic N) is 1. The average molecular weight is 276 g/mol. The summed E-state index contributed by atoms with van der Waals surface area (Å²) in [6.07, 6.45) is 0.719. The van der Waals surface area contributed by atoms with Crippen molar-refractivity contribution in [2.24, 2.45) is 0 Å². The van der Waals surface area contributed by atoms with Crippen LogP contribution in [0.2, 0.25) is 10.0 Å². The molecule has 1 heterocycles. The minimum absolute atomic E-state index is 0.00561. The Labute approximate surface area is 109 Å². The van der Waals surface area contributed by atoms with E-state index in [9.17, 15) is 9.18 Å². The summed E-state index contributed by atoms with van der Waals surface area (Å²) in [5.74, 6) is -0.411. The van der Waals surface area contributed by atoms with E-state index in [0.29, 0.717) is 23.7 Å². The number of carbonyl (C=O) groups is 1. The van der Waals surface area contributed by atoms with Gasteiger partial charge in [0.15, 0.2) is 0 Å². The van der Waals surface area contributed by atoms with Crippen LogP contribution in [0, 0.1) is 5.82 Å². The van der Waals surface area contributed by atoms with Crippen LogP contribution in [0.5, 0.6) is 0 Å². The van der Waals surface area contributed by atoms with E-state index < -0.39 is 0 Å². The molecular weight excluding hydrogens is 264 g/mol. The molecule has 92 valence electrons. The molecule has 17 heavy (non-hydrogen) atoms. The van der Waals surface area contributed by atoms with Crippen LogP contribution < -0.4 is 0 Å². The number of carbonyl (C=O) groups excluding carboxylic acids is 1. The molecule has 0 bridgehead atoms. The van der Waals surface area contributed by atoms with Gasteiger partial charge in [0, 0.05) is 31.5 Å². The molecule has 2 rings (SSSR count). The fourth-order valence-electron chi connectivity index (χ4n) is 2.20. The molecule has 1 aliphatic heterocycles. The summed E-state index contributed by atoms with van der Waals surface area (Å²) < 4.78 is 13.8. The SMILES string of the molecule is CC(=O)N1CCC(c2c(F)ccc(Cl)c2Cl)C1. The van der Waals surface area contributed by atoms with Crippen LogP contribution >= 0.6 is 23.2 Å². The summed E-state index contributed by atoms with van der Waals surface area (Å²) in [4.78, 5) is 12.9. The van der Waals surface area contributed by atoms with Crippen LogP contribution in [0.3, 0.4) is 0 Å². The molecule has 1 aromatic carbocycles. The predicted octanol–water partition coefficient (Wildman–Crippen LogP) is 3.47. The van der Waals surface area contributed by atoms with Crippen molar-refractivity contribution < 1.29 is 9.18 Å². The van der Waals surface area contributed by atoms with Gasteiger partial charge in [-0.1, -0.05) is 23.2 Å². The summed E-state index contributed by atoms with van der Waals surface area (Å²) in [7, 11) is 0. The Balaban J connectivity index is 2.30. The van der Waals surface area contributed by atoms with Crippen LogP contribution in [0.15, 0.2) is 12.1 Å². The zero-order chi connectivity index (χ0) is 12.6. The Morgan fingerprint density at radius 1 is 1.47 bits per heavy atom. The third kappa shape index (κ3) is 2.40. The minimum atomic E-state index is -0.352. The lowest BCUT2D eigenvalue weighted by Gasteiger charge is -2.16. The molecule has 2 nitrogen and oxygen atoms in total. The molecular formula is C12H12Cl2FNO. The highest BCUT2D eigenvalue weighted by Crippen LogP contribution is 2.37. The zero-order valence-corrected chi connectivity index (χ0v) is 10.9. The van der Waals surface area contributed by atoms with Crippen molar-refractivity contribution in [2.75, 3.05) is 13.1 Å². The summed E-state index contributed by atoms with van der Waals surface area (Å²) in [6.45, 7) is 2.66. The largest absolute Gasteiger partial charge is 0.342 e. The normalized spacial score (nSPS) is 19.8. The molecule has 1 fully saturated rings. The summed E-state index contributed by atoms with van der Waals surface area (Å²) >= 11 is 11.9. The molecule has 1 unspecified atom stereocenters. The van der Waals surface area contributed by atoms with Gasteiger partial charge in [-0.3, -0.25) is 4.79 Å². The molecule has 1 atom stereocenters. The van der Waals surface area contributed by atoms with E-state index in [2.05, 4.69) is 0 Å². The predicted molar refractivity (Wildman–Crippen MR) is 66.0 cm³/mol. The van der Waals surface area contributed by atoms with Crippen molar-refractivity contribution in [3.05, 3.63) is 33.6 Å². The molecule has 0 N–H and O–H groups in total. The first-order valence-electron chi connectivity index (χ1n) is 5.39. The number of amides is 1. The third-order valence-corrected chi connectivity index (χ3v) is 3.94. The fraction of sp³-hybridized carbons (Fsp3) is 0.417. The van der Waals surface area contributed by atoms with E-state index in [1.165, 1.54) is 19.1 Å². The minimum Gasteiger partial charge on any atom is -0.342 e. The van der Waals surface area contributed by atoms with Gasteiger partial charge in [0.25, 0.3) is 0 Å². The van der Waals surface area contributed by atoms with Gasteiger partial charge >= 0.3 is 0 Å². The lowest BCUT2D eigenvalue weighted by Crippen LogP contribution is -2.25. The van der Waals surface area contributed by atoms with Crippen LogP contribution in [-0.4, -0.2) is 23.9 Å². The van der Waals surface area contributed by atoms with Gasteiger partial charge < -0.3 is 4.90 Å². The Kier molecular flexibility index (Phi) is 3.59. The topological polar surface area (TPSA) is 20.3 Å². The van der Waals surface area contributed by atoms with E-state index >= 15 is 0 Å². The molecule has 0 spiro atoms. The monoisotopic (exact) mass is 275 g/mol. The first-order valence-corrected chi connectivity index (χ1v) is 6.15. The molecule has 0 radical (unpaired) electrons. The van der Waals surface area contributed by atoms with Crippen LogP contribution in [0.1, 0.15) is 24.8 Å². The molecule has 0 saturated carbocycles. The number of hydrogen-bond donors (Lipinski definition) is 0. The highest BCUT2D eigenvalue weighted by molar-refractivity contribution is 6.42. The molecule has 1 aliphatic rings. The van der Waals surface area contributed by atoms with Crippen molar-refractivity contribution in [3.63, 3.8) is 0 Å². The van der Waals surface area contributed by atoms with Gasteiger partial charge in [-0.05, 0) is 18.6 Å². The Morgan fingerprint density at radius 3 is 2.76 bits per heavy atom. The number of hydrogen-bond acceptors (Lipinski definition) is 1. The van der Waals surface area contributed by atoms with E-state index in [-0.39, 0.29) is 22.7 Å². The molecule has 1 amide bonds. The summed E-state index contributed by atoms with van der Waals surface area (Å²) in [5, 5.41) is 0.617. The zero-order valence-electron chi connectivity index (χ0n) is 9.34. The van der Waals surface area contributed by atoms with Crippen molar-refractivity contribution in [3.8, 4) is 0 Å². The van der Waals surface area contributed by atoms with Crippen LogP contribution in [0.25, 0.3) is 0 Å². The first kappa shape index (κ1) is 12.7. The first-order chi connectivity index (χ1) is 8.00. The second-order valence-corrected chi connectivity index (χ2v) is 4.99. The van der Waals surface area contributed by atoms with E-state index in [1.807, 2.05) is 0 Å². The molecule has 5 heteroatoms. The van der Waals surface area contributed by atoms with Gasteiger partial charge in [0.2, 0.25) is 5.91 Å². The highest BCUT2D eigenvalue weighted by Gasteiger charge is 2.29. The maximum absolute atomic E-state index is 13.8. The Morgan fingerprint density at radius 2 is 2.18 bits per heavy atom. The number of halogens is 3. The number of rotatable bonds is 1. The van der Waals surface area contributed by atoms with Gasteiger partial charge in [-0.15, -0.1) is 0 Å². The summed E-state index contributed by atoms with van der Waals surface area (Å²) in [6, 6.07) is 2.76. The third-order valence-electron chi connectivity index (χ3n) is 3.12. The van der Waals surface area contributed by atoms with Crippen LogP contribution in [0.4, 0.5) is 4.39 Å². The van der Waals surface area contributed by atoms with Crippen molar-refractivity contribution >= 4 is 29.1 Å². The molecule has 0 aliphatic carbocycles. The maximum atomic E-state index is 13.8. The molecule has 1 saturated heterocycles. The highest BCUT2D eigenvalue weighted by atomic mass is 35.5. The van der Waals surface area contributed by atoms with Gasteiger partial charge in [-0.25, -0.2) is 4.39 Å². The van der Waals surface area contributed by atoms with Crippen molar-refractivity contribution in [1.82, 2.24) is 4.90 Å². The van der Waals surface area contributed by atoms with E-state index in [0.717, 1.165) is 6.42 Å². The van der Waals surface area contributed by atoms with E-state index in [1.54, 1.807) is 4.90 Å². The standard InChI is InChI=1S/C12H12Cl2FNO/c1-7(17)16-5-4-8(6-16)11-10(15)3-2-9(13)12(11)14/h2-3,8H,4-6H2,1H3. The second-order valence-electron chi connectivity index (χ2n) is 4.21. The van der Waals surface area contributed by atoms with Gasteiger partial charge in [0.05, 0.1) is 10.0 Å². The smallest absolute Gasteiger partial charge is 0.219 e. The molecule has 0 aromatic heterocycles. The maximum Gasteiger partial charge on any atom is 0.219 e. The molecule has 1 aromatic rings. The summed E-state index contributed by atoms with van der Waals surface area (Å²) in [5.41, 5.74) is 0.433. The number of benzene rings is 1. The van der Waals surface area contributed by atoms with Crippen LogP contribution in [-0.2, 0) is 4.79 Å². The fourth-order valence-corrected chi connectivity index (χ4v) is 2.67. The quantitative estimate of drug-likeness (QED) is 0.719. The van der Waals surface area contributed by atoms with Gasteiger partial charge in [0.1, 0.15) is 5.82 Å². The van der Waals surface area contributed by atoms with E-state index in [4.69, 9.17) is 23.2 Å². The van der Waals surface area contributed by atoms with Crippen molar-refractivity contribution in [2.45, 2.75) is 19.3 Å². The number of likely N-dealkylation sites (tertiary alicyclic amines) is 1. The lowest BCUT2D eigenvalue weighted by atomic mass is 9.98. The lowest BCUT2D eigenvalue weighted by molar-refractivity contribution is -0.127. The Hall–Kier alpha value is -0.800. The van der Waals surface area contributed by atoms with Gasteiger partial charge in [-0.2, -0.15) is 0 Å².